The molecule has 2 aliphatic heterocycles. The second kappa shape index (κ2) is 23.9. The first-order valence-electron chi connectivity index (χ1n) is 18.5. The van der Waals surface area contributed by atoms with Crippen LogP contribution in [0.3, 0.4) is 0 Å². The van der Waals surface area contributed by atoms with E-state index in [-0.39, 0.29) is 99.5 Å². The van der Waals surface area contributed by atoms with Crippen LogP contribution >= 0.6 is 58.8 Å². The van der Waals surface area contributed by atoms with E-state index in [1.807, 2.05) is 0 Å². The number of likely N-dealkylation sites (tertiary alicyclic amines) is 2. The van der Waals surface area contributed by atoms with Gasteiger partial charge in [-0.2, -0.15) is 26.3 Å². The smallest absolute Gasteiger partial charge is 0.870 e. The molecule has 68 heavy (non-hydrogen) atoms. The number of nitrogens with zero attached hydrogens (tertiary/aromatic N) is 2. The maximum atomic E-state index is 13.2. The standard InChI is InChI=1S/C20H17Cl2F3N2O5S.C19H15Cl2F3N2O5S.ClH.Na.H2O/c1-32-19(29)17-3-2-8-27(17)18(28)13-6-4-11(21)9-16(13)26-33(30,31)12-5-7-15(22)14(10-12)20(23,24)25;20-10-3-5-12(17(27)26-7-1-2-16(26)18(28)29)15(8-10)25-32(30,31)11-4-6-14(21)13(9-11)19(22,23)24;;;/h4-7,9-10,17,26H,2-3,8H2,1H3;3-6,8-9,16,25H,1-2,7H2,(H,28,29);1H;;1H2/q;;;+1;/p-1. The molecule has 0 spiro atoms. The summed E-state index contributed by atoms with van der Waals surface area (Å²) in [5, 5.41) is 8.09. The Morgan fingerprint density at radius 3 is 1.37 bits per heavy atom. The molecule has 0 radical (unpaired) electrons. The number of alkyl halides is 6. The molecule has 29 heteroatoms. The largest absolute Gasteiger partial charge is 1.00 e. The summed E-state index contributed by atoms with van der Waals surface area (Å²) in [6, 6.07) is 9.63. The molecule has 15 nitrogen and oxygen atoms in total. The Hall–Kier alpha value is -3.75. The summed E-state index contributed by atoms with van der Waals surface area (Å²) in [5.41, 5.74) is -3.56. The minimum Gasteiger partial charge on any atom is -0.870 e. The van der Waals surface area contributed by atoms with E-state index in [0.717, 1.165) is 41.3 Å². The molecule has 2 saturated heterocycles. The Labute approximate surface area is 432 Å². The van der Waals surface area contributed by atoms with Crippen molar-refractivity contribution < 1.29 is 107 Å². The van der Waals surface area contributed by atoms with Gasteiger partial charge in [0.05, 0.1) is 60.6 Å². The molecular weight excluding hydrogens is 1080 g/mol. The van der Waals surface area contributed by atoms with Gasteiger partial charge < -0.3 is 25.1 Å². The monoisotopic (exact) mass is 1110 g/mol. The summed E-state index contributed by atoms with van der Waals surface area (Å²) in [6.07, 6.45) is -8.17. The molecule has 2 heterocycles. The van der Waals surface area contributed by atoms with Crippen molar-refractivity contribution in [3.63, 3.8) is 0 Å². The molecule has 2 unspecified atom stereocenters. The van der Waals surface area contributed by atoms with Gasteiger partial charge in [0.1, 0.15) is 12.1 Å². The van der Waals surface area contributed by atoms with E-state index in [0.29, 0.717) is 31.4 Å². The molecule has 4 aromatic rings. The van der Waals surface area contributed by atoms with Crippen LogP contribution in [-0.4, -0.2) is 93.3 Å². The number of carboxylic acids is 1. The van der Waals surface area contributed by atoms with E-state index in [9.17, 15) is 67.5 Å². The van der Waals surface area contributed by atoms with Gasteiger partial charge in [0.25, 0.3) is 31.9 Å². The van der Waals surface area contributed by atoms with E-state index in [4.69, 9.17) is 51.1 Å². The zero-order chi connectivity index (χ0) is 48.4. The van der Waals surface area contributed by atoms with Crippen molar-refractivity contribution in [2.45, 2.75) is 59.9 Å². The number of halogens is 11. The molecule has 0 aliphatic carbocycles. The van der Waals surface area contributed by atoms with Gasteiger partial charge in [-0.05, 0) is 98.5 Å². The zero-order valence-electron chi connectivity index (χ0n) is 34.8. The van der Waals surface area contributed by atoms with Crippen molar-refractivity contribution in [3.05, 3.63) is 115 Å². The minimum atomic E-state index is -4.89. The van der Waals surface area contributed by atoms with E-state index < -0.39 is 99.2 Å². The van der Waals surface area contributed by atoms with Crippen LogP contribution in [0, 0.1) is 0 Å². The van der Waals surface area contributed by atoms with Crippen molar-refractivity contribution in [2.75, 3.05) is 29.6 Å². The number of amides is 2. The fraction of sp³-hybridized carbons (Fsp3) is 0.282. The molecule has 4 N–H and O–H groups in total. The maximum Gasteiger partial charge on any atom is 1.00 e. The van der Waals surface area contributed by atoms with Gasteiger partial charge in [-0.3, -0.25) is 19.0 Å². The van der Waals surface area contributed by atoms with Crippen LogP contribution in [0.1, 0.15) is 57.5 Å². The summed E-state index contributed by atoms with van der Waals surface area (Å²) in [4.78, 5) is 50.4. The predicted octanol–water partition coefficient (Wildman–Crippen LogP) is 6.34. The van der Waals surface area contributed by atoms with Crippen molar-refractivity contribution in [1.82, 2.24) is 9.80 Å². The quantitative estimate of drug-likeness (QED) is 0.0902. The number of nitrogens with one attached hydrogen (secondary N) is 2. The number of esters is 1. The number of anilines is 2. The minimum absolute atomic E-state index is 0. The Bertz CT molecular complexity index is 2780. The van der Waals surface area contributed by atoms with Crippen LogP contribution in [0.5, 0.6) is 0 Å². The van der Waals surface area contributed by atoms with E-state index >= 15 is 0 Å². The van der Waals surface area contributed by atoms with Crippen LogP contribution in [0.15, 0.2) is 82.6 Å². The number of ether oxygens (including phenoxy) is 1. The third kappa shape index (κ3) is 14.2. The topological polar surface area (TPSA) is 227 Å². The van der Waals surface area contributed by atoms with Crippen molar-refractivity contribution in [3.8, 4) is 0 Å². The zero-order valence-corrected chi connectivity index (χ0v) is 42.3. The number of hydrogen-bond acceptors (Lipinski definition) is 10. The SMILES string of the molecule is COC(=O)C1CCCN1C(=O)c1ccc(Cl)cc1NS(=O)(=O)c1ccc(Cl)c(C(F)(F)F)c1.Cl.O=C(O)C1CCCN1C(=O)c1ccc(Cl)cc1NS(=O)(=O)c1ccc(Cl)c(C(F)(F)F)c1.[Na+].[OH-]. The Kier molecular flexibility index (Phi) is 21.2. The number of carbonyl (C=O) groups excluding carboxylic acids is 3. The van der Waals surface area contributed by atoms with Gasteiger partial charge in [-0.15, -0.1) is 12.4 Å². The van der Waals surface area contributed by atoms with Gasteiger partial charge in [-0.1, -0.05) is 46.4 Å². The van der Waals surface area contributed by atoms with Crippen molar-refractivity contribution >= 4 is 114 Å². The molecule has 0 aromatic heterocycles. The third-order valence-corrected chi connectivity index (χ3v) is 13.7. The number of sulfonamides is 2. The molecule has 2 aliphatic rings. The van der Waals surface area contributed by atoms with E-state index in [2.05, 4.69) is 9.44 Å². The number of rotatable bonds is 10. The van der Waals surface area contributed by atoms with Gasteiger partial charge in [0.2, 0.25) is 0 Å². The van der Waals surface area contributed by atoms with Gasteiger partial charge in [0, 0.05) is 23.1 Å². The molecule has 2 atom stereocenters. The molecule has 2 fully saturated rings. The first-order valence-corrected chi connectivity index (χ1v) is 22.9. The molecule has 0 bridgehead atoms. The number of hydrogen-bond donors (Lipinski definition) is 3. The van der Waals surface area contributed by atoms with Crippen LogP contribution in [0.4, 0.5) is 37.7 Å². The average molecular weight is 1110 g/mol. The van der Waals surface area contributed by atoms with Crippen LogP contribution in [0.25, 0.3) is 0 Å². The second-order valence-electron chi connectivity index (χ2n) is 14.0. The van der Waals surface area contributed by atoms with Crippen LogP contribution in [-0.2, 0) is 46.7 Å². The molecule has 4 aromatic carbocycles. The van der Waals surface area contributed by atoms with E-state index in [1.54, 1.807) is 0 Å². The molecule has 6 rings (SSSR count). The van der Waals surface area contributed by atoms with Crippen LogP contribution in [0.2, 0.25) is 20.1 Å². The Morgan fingerprint density at radius 1 is 0.647 bits per heavy atom. The molecule has 0 saturated carbocycles. The average Bonchev–Trinajstić information content (AvgIpc) is 3.91. The van der Waals surface area contributed by atoms with Crippen LogP contribution < -0.4 is 39.0 Å². The number of methoxy groups -OCH3 is 1. The fourth-order valence-electron chi connectivity index (χ4n) is 6.73. The van der Waals surface area contributed by atoms with Crippen molar-refractivity contribution in [2.24, 2.45) is 0 Å². The number of aliphatic carboxylic acids is 1. The first-order chi connectivity index (χ1) is 30.2. The maximum absolute atomic E-state index is 13.2. The number of carbonyl (C=O) groups is 4. The first kappa shape index (κ1) is 60.4. The second-order valence-corrected chi connectivity index (χ2v) is 19.1. The summed E-state index contributed by atoms with van der Waals surface area (Å²) >= 11 is 23.0. The third-order valence-electron chi connectivity index (χ3n) is 9.81. The number of carboxylic acid groups (broad SMARTS) is 1. The Morgan fingerprint density at radius 2 is 1.01 bits per heavy atom. The normalized spacial score (nSPS) is 15.9. The van der Waals surface area contributed by atoms with Gasteiger partial charge in [-0.25, -0.2) is 26.4 Å². The van der Waals surface area contributed by atoms with Gasteiger partial charge >= 0.3 is 53.8 Å². The fourth-order valence-corrected chi connectivity index (χ4v) is 9.71. The Balaban J connectivity index is 0.000000447. The molecular formula is C39H34Cl5F6N4NaO11S2. The summed E-state index contributed by atoms with van der Waals surface area (Å²) in [5.74, 6) is -3.23. The van der Waals surface area contributed by atoms with E-state index in [1.165, 1.54) is 36.3 Å². The number of benzene rings is 4. The summed E-state index contributed by atoms with van der Waals surface area (Å²) in [7, 11) is -7.98. The van der Waals surface area contributed by atoms with Gasteiger partial charge in [0.15, 0.2) is 0 Å². The molecule has 366 valence electrons. The predicted molar refractivity (Wildman–Crippen MR) is 234 cm³/mol. The molecule has 2 amide bonds. The van der Waals surface area contributed by atoms with Crippen molar-refractivity contribution in [1.29, 1.82) is 0 Å². The summed E-state index contributed by atoms with van der Waals surface area (Å²) < 4.78 is 139. The summed E-state index contributed by atoms with van der Waals surface area (Å²) in [6.45, 7) is 0.385.